The Balaban J connectivity index is 0.000000330. The van der Waals surface area contributed by atoms with Gasteiger partial charge in [-0.15, -0.1) is 0 Å². The number of carbonyl (C=O) groups is 4. The molecule has 2 unspecified atom stereocenters. The van der Waals surface area contributed by atoms with Crippen LogP contribution >= 0.6 is 0 Å². The molecule has 0 aromatic heterocycles. The summed E-state index contributed by atoms with van der Waals surface area (Å²) in [7, 11) is -2.41. The van der Waals surface area contributed by atoms with E-state index in [0.717, 1.165) is 45.4 Å². The summed E-state index contributed by atoms with van der Waals surface area (Å²) in [5.41, 5.74) is 0.385. The Hall–Kier alpha value is -2.04. The molecule has 0 saturated heterocycles. The summed E-state index contributed by atoms with van der Waals surface area (Å²) < 4.78 is 13.3. The van der Waals surface area contributed by atoms with Crippen molar-refractivity contribution in [3.8, 4) is 5.75 Å². The van der Waals surface area contributed by atoms with Gasteiger partial charge in [0.25, 0.3) is 23.8 Å². The summed E-state index contributed by atoms with van der Waals surface area (Å²) in [5.74, 6) is -0.502. The van der Waals surface area contributed by atoms with E-state index in [4.69, 9.17) is 0 Å². The van der Waals surface area contributed by atoms with Crippen molar-refractivity contribution in [1.29, 1.82) is 0 Å². The predicted octanol–water partition coefficient (Wildman–Crippen LogP) is -0.902. The van der Waals surface area contributed by atoms with Gasteiger partial charge in [0.15, 0.2) is 0 Å². The average Bonchev–Trinajstić information content (AvgIpc) is 2.99. The van der Waals surface area contributed by atoms with Crippen molar-refractivity contribution in [2.75, 3.05) is 0 Å². The van der Waals surface area contributed by atoms with Gasteiger partial charge in [0.1, 0.15) is 5.75 Å². The van der Waals surface area contributed by atoms with Gasteiger partial charge in [0.2, 0.25) is 0 Å². The Morgan fingerprint density at radius 1 is 0.875 bits per heavy atom. The molecule has 1 aromatic carbocycles. The van der Waals surface area contributed by atoms with E-state index in [1.165, 1.54) is 19.3 Å². The second-order valence-corrected chi connectivity index (χ2v) is 7.97. The Kier molecular flexibility index (Phi) is 11.8. The van der Waals surface area contributed by atoms with E-state index in [2.05, 4.69) is 19.3 Å². The third-order valence-corrected chi connectivity index (χ3v) is 5.33. The molecule has 2 aliphatic rings. The molecule has 0 heterocycles. The SMILES string of the molecule is CC(=O)O[BH-](OC(C)=O)OC(C)=O.O=C(NC1CC2CCC(C2)C1)c1ccccc1O.[Na+]. The zero-order chi connectivity index (χ0) is 23.0. The Bertz CT molecular complexity index is 771. The number of carbonyl (C=O) groups excluding carboxylic acids is 4. The van der Waals surface area contributed by atoms with Gasteiger partial charge in [-0.2, -0.15) is 0 Å². The topological polar surface area (TPSA) is 128 Å². The molecular formula is C21H29BNNaO8. The van der Waals surface area contributed by atoms with E-state index in [9.17, 15) is 24.3 Å². The molecule has 2 fully saturated rings. The first kappa shape index (κ1) is 28.0. The molecular weight excluding hydrogens is 428 g/mol. The van der Waals surface area contributed by atoms with Gasteiger partial charge in [0.05, 0.1) is 5.56 Å². The molecule has 1 amide bonds. The number of para-hydroxylation sites is 1. The summed E-state index contributed by atoms with van der Waals surface area (Å²) in [6.45, 7) is 3.35. The molecule has 2 saturated carbocycles. The average molecular weight is 457 g/mol. The zero-order valence-corrected chi connectivity index (χ0v) is 21.1. The molecule has 2 N–H and O–H groups in total. The molecule has 0 radical (unpaired) electrons. The van der Waals surface area contributed by atoms with Crippen molar-refractivity contribution < 1.29 is 67.8 Å². The maximum atomic E-state index is 12.1. The fourth-order valence-electron chi connectivity index (χ4n) is 4.14. The van der Waals surface area contributed by atoms with Crippen molar-refractivity contribution in [2.24, 2.45) is 11.8 Å². The number of phenols is 1. The van der Waals surface area contributed by atoms with E-state index in [0.29, 0.717) is 11.6 Å². The van der Waals surface area contributed by atoms with Gasteiger partial charge < -0.3 is 24.4 Å². The van der Waals surface area contributed by atoms with Crippen molar-refractivity contribution in [3.63, 3.8) is 0 Å². The number of aromatic hydroxyl groups is 1. The van der Waals surface area contributed by atoms with E-state index >= 15 is 0 Å². The first-order valence-corrected chi connectivity index (χ1v) is 10.4. The third kappa shape index (κ3) is 9.62. The van der Waals surface area contributed by atoms with Crippen LogP contribution < -0.4 is 34.9 Å². The number of nitrogens with one attached hydrogen (secondary N) is 1. The van der Waals surface area contributed by atoms with Gasteiger partial charge >= 0.3 is 36.9 Å². The summed E-state index contributed by atoms with van der Waals surface area (Å²) in [5, 5.41) is 12.7. The molecule has 170 valence electrons. The van der Waals surface area contributed by atoms with Crippen molar-refractivity contribution >= 4 is 31.1 Å². The number of hydrogen-bond acceptors (Lipinski definition) is 8. The van der Waals surface area contributed by atoms with Crippen LogP contribution in [0.15, 0.2) is 24.3 Å². The van der Waals surface area contributed by atoms with Crippen molar-refractivity contribution in [1.82, 2.24) is 5.32 Å². The number of hydrogen-bond donors (Lipinski definition) is 2. The quantitative estimate of drug-likeness (QED) is 0.545. The normalized spacial score (nSPS) is 20.7. The largest absolute Gasteiger partial charge is 1.00 e. The van der Waals surface area contributed by atoms with Gasteiger partial charge in [0, 0.05) is 26.8 Å². The maximum Gasteiger partial charge on any atom is 1.00 e. The number of rotatable bonds is 5. The van der Waals surface area contributed by atoms with Gasteiger partial charge in [-0.05, 0) is 43.2 Å². The number of phenolic OH excluding ortho intramolecular Hbond substituents is 1. The van der Waals surface area contributed by atoms with E-state index in [1.807, 2.05) is 0 Å². The van der Waals surface area contributed by atoms with Gasteiger partial charge in [-0.25, -0.2) is 0 Å². The van der Waals surface area contributed by atoms with Crippen LogP contribution in [0.5, 0.6) is 5.75 Å². The minimum atomic E-state index is -2.41. The van der Waals surface area contributed by atoms with E-state index < -0.39 is 25.2 Å². The van der Waals surface area contributed by atoms with Crippen LogP contribution in [-0.2, 0) is 28.3 Å². The number of fused-ring (bicyclic) bond motifs is 2. The molecule has 32 heavy (non-hydrogen) atoms. The van der Waals surface area contributed by atoms with Crippen LogP contribution in [0.25, 0.3) is 0 Å². The van der Waals surface area contributed by atoms with Crippen LogP contribution in [0.3, 0.4) is 0 Å². The number of amides is 1. The molecule has 11 heteroatoms. The Morgan fingerprint density at radius 2 is 1.34 bits per heavy atom. The summed E-state index contributed by atoms with van der Waals surface area (Å²) >= 11 is 0. The summed E-state index contributed by atoms with van der Waals surface area (Å²) in [4.78, 5) is 43.4. The molecule has 9 nitrogen and oxygen atoms in total. The van der Waals surface area contributed by atoms with E-state index in [-0.39, 0.29) is 41.2 Å². The molecule has 2 atom stereocenters. The van der Waals surface area contributed by atoms with E-state index in [1.54, 1.807) is 24.3 Å². The second kappa shape index (κ2) is 13.5. The van der Waals surface area contributed by atoms with Gasteiger partial charge in [-0.1, -0.05) is 25.0 Å². The van der Waals surface area contributed by atoms with Crippen LogP contribution in [0.4, 0.5) is 0 Å². The molecule has 3 rings (SSSR count). The molecule has 0 spiro atoms. The summed E-state index contributed by atoms with van der Waals surface area (Å²) in [6, 6.07) is 7.02. The third-order valence-electron chi connectivity index (χ3n) is 5.33. The Labute approximate surface area is 210 Å². The van der Waals surface area contributed by atoms with Crippen molar-refractivity contribution in [2.45, 2.75) is 58.9 Å². The standard InChI is InChI=1S/C15H19NO2.C6H10BO6.Na/c17-14-4-2-1-3-13(14)15(18)16-12-8-10-5-6-11(7-10)9-12;1-4(8)11-7(12-5(2)9)13-6(3)10;/h1-4,10-12,17H,5-9H2,(H,16,18);7H,1-3H3;/q;-1;+1. The minimum Gasteiger partial charge on any atom is -0.625 e. The second-order valence-electron chi connectivity index (χ2n) is 7.97. The predicted molar refractivity (Wildman–Crippen MR) is 112 cm³/mol. The monoisotopic (exact) mass is 457 g/mol. The first-order chi connectivity index (χ1) is 14.6. The number of benzene rings is 1. The first-order valence-electron chi connectivity index (χ1n) is 10.4. The molecule has 2 bridgehead atoms. The van der Waals surface area contributed by atoms with Crippen LogP contribution in [-0.4, -0.2) is 42.3 Å². The van der Waals surface area contributed by atoms with Crippen molar-refractivity contribution in [3.05, 3.63) is 29.8 Å². The Morgan fingerprint density at radius 3 is 1.78 bits per heavy atom. The smallest absolute Gasteiger partial charge is 0.625 e. The molecule has 0 aliphatic heterocycles. The molecule has 2 aliphatic carbocycles. The zero-order valence-electron chi connectivity index (χ0n) is 19.1. The fourth-order valence-corrected chi connectivity index (χ4v) is 4.14. The molecule has 1 aromatic rings. The van der Waals surface area contributed by atoms with Crippen LogP contribution in [0.2, 0.25) is 0 Å². The maximum absolute atomic E-state index is 12.1. The van der Waals surface area contributed by atoms with Crippen LogP contribution in [0.1, 0.15) is 63.2 Å². The summed E-state index contributed by atoms with van der Waals surface area (Å²) in [6.07, 6.45) is 6.22. The fraction of sp³-hybridized carbons (Fsp3) is 0.524. The minimum absolute atomic E-state index is 0. The van der Waals surface area contributed by atoms with Gasteiger partial charge in [-0.3, -0.25) is 19.2 Å². The van der Waals surface area contributed by atoms with Crippen LogP contribution in [0, 0.1) is 11.8 Å².